The summed E-state index contributed by atoms with van der Waals surface area (Å²) in [4.78, 5) is 30.2. The van der Waals surface area contributed by atoms with Crippen molar-refractivity contribution in [3.63, 3.8) is 0 Å². The molecule has 6 heteroatoms. The van der Waals surface area contributed by atoms with Gasteiger partial charge in [-0.15, -0.1) is 23.3 Å². The van der Waals surface area contributed by atoms with Crippen LogP contribution in [-0.2, 0) is 4.79 Å². The van der Waals surface area contributed by atoms with Crippen molar-refractivity contribution in [2.24, 2.45) is 10.9 Å². The zero-order valence-corrected chi connectivity index (χ0v) is 11.1. The largest absolute Gasteiger partial charge is 0.445 e. The third kappa shape index (κ3) is 1.92. The van der Waals surface area contributed by atoms with Gasteiger partial charge in [-0.05, 0) is 6.08 Å². The molecule has 0 radical (unpaired) electrons. The second kappa shape index (κ2) is 4.89. The van der Waals surface area contributed by atoms with Gasteiger partial charge < -0.3 is 0 Å². The van der Waals surface area contributed by atoms with Crippen LogP contribution in [0.3, 0.4) is 0 Å². The van der Waals surface area contributed by atoms with Gasteiger partial charge in [-0.1, -0.05) is 6.08 Å². The Labute approximate surface area is 110 Å². The van der Waals surface area contributed by atoms with Gasteiger partial charge in [0.05, 0.1) is 14.1 Å². The number of amides is 3. The number of fused-ring (bicyclic) bond motifs is 1. The molecule has 0 aliphatic carbocycles. The molecule has 0 saturated heterocycles. The summed E-state index contributed by atoms with van der Waals surface area (Å²) >= 11 is 1.54. The first-order valence-corrected chi connectivity index (χ1v) is 6.46. The lowest BCUT2D eigenvalue weighted by atomic mass is 10.0. The van der Waals surface area contributed by atoms with E-state index in [1.54, 1.807) is 19.3 Å². The second-order valence-corrected chi connectivity index (χ2v) is 5.07. The molecule has 1 unspecified atom stereocenters. The molecule has 0 aromatic rings. The van der Waals surface area contributed by atoms with E-state index in [1.165, 1.54) is 23.4 Å². The topological polar surface area (TPSA) is 52.8 Å². The van der Waals surface area contributed by atoms with E-state index in [-0.39, 0.29) is 11.9 Å². The molecule has 0 fully saturated rings. The number of carbonyl (C=O) groups is 2. The van der Waals surface area contributed by atoms with Crippen LogP contribution in [0, 0.1) is 5.92 Å². The van der Waals surface area contributed by atoms with Gasteiger partial charge in [0.25, 0.3) is 5.84 Å². The Bertz CT molecular complexity index is 519. The molecule has 2 rings (SSSR count). The summed E-state index contributed by atoms with van der Waals surface area (Å²) in [5.41, 5.74) is 0. The fourth-order valence-corrected chi connectivity index (χ4v) is 2.74. The highest BCUT2D eigenvalue weighted by Crippen LogP contribution is 2.31. The highest BCUT2D eigenvalue weighted by Gasteiger charge is 2.46. The van der Waals surface area contributed by atoms with E-state index in [0.29, 0.717) is 5.84 Å². The van der Waals surface area contributed by atoms with Crippen LogP contribution in [0.5, 0.6) is 0 Å². The molecule has 0 aromatic carbocycles. The molecule has 5 nitrogen and oxygen atoms in total. The van der Waals surface area contributed by atoms with Crippen molar-refractivity contribution >= 4 is 35.8 Å². The van der Waals surface area contributed by atoms with Crippen molar-refractivity contribution in [2.45, 2.75) is 0 Å². The van der Waals surface area contributed by atoms with Crippen molar-refractivity contribution in [2.75, 3.05) is 19.8 Å². The number of thioether (sulfide) groups is 1. The molecule has 2 aliphatic rings. The maximum Gasteiger partial charge on any atom is 0.445 e. The first-order chi connectivity index (χ1) is 8.57. The van der Waals surface area contributed by atoms with Crippen LogP contribution < -0.4 is 0 Å². The van der Waals surface area contributed by atoms with Gasteiger partial charge in [-0.25, -0.2) is 4.79 Å². The van der Waals surface area contributed by atoms with Gasteiger partial charge in [0, 0.05) is 10.7 Å². The molecular weight excluding hydrogens is 250 g/mol. The number of hydrogen-bond acceptors (Lipinski definition) is 4. The smallest absolute Gasteiger partial charge is 0.255 e. The molecular formula is C12H14N3O2S+. The van der Waals surface area contributed by atoms with E-state index in [0.717, 1.165) is 15.6 Å². The lowest BCUT2D eigenvalue weighted by Crippen LogP contribution is -2.52. The molecule has 94 valence electrons. The third-order valence-electron chi connectivity index (χ3n) is 2.85. The number of urea groups is 1. The summed E-state index contributed by atoms with van der Waals surface area (Å²) in [7, 11) is 3.12. The number of imide groups is 1. The van der Waals surface area contributed by atoms with Crippen molar-refractivity contribution < 1.29 is 14.2 Å². The number of carbonyl (C=O) groups excluding carboxylic acids is 2. The van der Waals surface area contributed by atoms with Crippen molar-refractivity contribution in [1.29, 1.82) is 0 Å². The Hall–Kier alpha value is -1.69. The summed E-state index contributed by atoms with van der Waals surface area (Å²) in [5.74, 6) is 0.524. The predicted octanol–water partition coefficient (Wildman–Crippen LogP) is 1.12. The van der Waals surface area contributed by atoms with Gasteiger partial charge in [0.2, 0.25) is 0 Å². The van der Waals surface area contributed by atoms with E-state index in [2.05, 4.69) is 11.6 Å². The average Bonchev–Trinajstić information content (AvgIpc) is 2.40. The van der Waals surface area contributed by atoms with Crippen LogP contribution in [0.4, 0.5) is 4.79 Å². The molecule has 1 atom stereocenters. The number of amidine groups is 1. The van der Waals surface area contributed by atoms with Gasteiger partial charge in [-0.3, -0.25) is 4.79 Å². The van der Waals surface area contributed by atoms with E-state index >= 15 is 0 Å². The first-order valence-electron chi connectivity index (χ1n) is 5.48. The number of rotatable bonds is 3. The van der Waals surface area contributed by atoms with E-state index in [1.807, 2.05) is 6.08 Å². The Morgan fingerprint density at radius 3 is 3.00 bits per heavy atom. The molecule has 0 N–H and O–H groups in total. The summed E-state index contributed by atoms with van der Waals surface area (Å²) in [6, 6.07) is -0.349. The summed E-state index contributed by atoms with van der Waals surface area (Å²) < 4.78 is 1.42. The third-order valence-corrected chi connectivity index (χ3v) is 3.96. The van der Waals surface area contributed by atoms with Gasteiger partial charge >= 0.3 is 11.9 Å². The maximum absolute atomic E-state index is 12.2. The molecule has 0 bridgehead atoms. The van der Waals surface area contributed by atoms with Crippen LogP contribution in [-0.4, -0.2) is 53.3 Å². The standard InChI is InChI=1S/C12H14N3O2S/c1-4-7-18-8-5-6-13-10-9(8)11(16)15(3)12(17)14(10)2/h4-6,9H,1,7H2,2-3H3/q+1. The second-order valence-electron chi connectivity index (χ2n) is 3.98. The molecule has 2 heterocycles. The molecule has 0 aromatic heterocycles. The zero-order valence-electron chi connectivity index (χ0n) is 10.3. The van der Waals surface area contributed by atoms with Crippen LogP contribution >= 0.6 is 11.8 Å². The molecule has 3 amide bonds. The quantitative estimate of drug-likeness (QED) is 0.567. The summed E-state index contributed by atoms with van der Waals surface area (Å²) in [6.45, 7) is 3.66. The minimum atomic E-state index is -0.465. The van der Waals surface area contributed by atoms with Crippen LogP contribution in [0.2, 0.25) is 0 Å². The minimum Gasteiger partial charge on any atom is -0.255 e. The molecule has 0 spiro atoms. The van der Waals surface area contributed by atoms with Crippen LogP contribution in [0.25, 0.3) is 0 Å². The van der Waals surface area contributed by atoms with Crippen LogP contribution in [0.15, 0.2) is 28.6 Å². The van der Waals surface area contributed by atoms with Crippen molar-refractivity contribution in [1.82, 2.24) is 4.90 Å². The monoisotopic (exact) mass is 264 g/mol. The average molecular weight is 264 g/mol. The van der Waals surface area contributed by atoms with E-state index < -0.39 is 5.92 Å². The SMILES string of the molecule is C=CCSC1=CC=NC2=[N+](C)C(=O)N(C)C(=O)C12. The number of aliphatic imine (C=N–C) groups is 1. The fourth-order valence-electron chi connectivity index (χ4n) is 1.89. The summed E-state index contributed by atoms with van der Waals surface area (Å²) in [6.07, 6.45) is 5.22. The predicted molar refractivity (Wildman–Crippen MR) is 72.1 cm³/mol. The van der Waals surface area contributed by atoms with Crippen LogP contribution in [0.1, 0.15) is 0 Å². The molecule has 18 heavy (non-hydrogen) atoms. The normalized spacial score (nSPS) is 23.1. The van der Waals surface area contributed by atoms with Crippen molar-refractivity contribution in [3.05, 3.63) is 23.6 Å². The van der Waals surface area contributed by atoms with Gasteiger partial charge in [-0.2, -0.15) is 9.48 Å². The summed E-state index contributed by atoms with van der Waals surface area (Å²) in [5, 5.41) is 0. The Morgan fingerprint density at radius 2 is 2.33 bits per heavy atom. The lowest BCUT2D eigenvalue weighted by Gasteiger charge is -2.26. The van der Waals surface area contributed by atoms with Crippen molar-refractivity contribution in [3.8, 4) is 0 Å². The number of dihydropyridines is 1. The van der Waals surface area contributed by atoms with Gasteiger partial charge in [0.1, 0.15) is 6.21 Å². The lowest BCUT2D eigenvalue weighted by molar-refractivity contribution is -0.407. The Morgan fingerprint density at radius 1 is 1.61 bits per heavy atom. The number of nitrogens with zero attached hydrogens (tertiary/aromatic N) is 3. The first kappa shape index (κ1) is 12.8. The highest BCUT2D eigenvalue weighted by molar-refractivity contribution is 8.03. The number of allylic oxidation sites excluding steroid dienone is 1. The van der Waals surface area contributed by atoms with E-state index in [4.69, 9.17) is 0 Å². The fraction of sp³-hybridized carbons (Fsp3) is 0.333. The zero-order chi connectivity index (χ0) is 13.3. The molecule has 2 aliphatic heterocycles. The Balaban J connectivity index is 2.43. The minimum absolute atomic E-state index is 0.229. The Kier molecular flexibility index (Phi) is 3.47. The highest BCUT2D eigenvalue weighted by atomic mass is 32.2. The van der Waals surface area contributed by atoms with E-state index in [9.17, 15) is 9.59 Å². The van der Waals surface area contributed by atoms with Gasteiger partial charge in [0.15, 0.2) is 5.92 Å². The number of hydrogen-bond donors (Lipinski definition) is 0. The molecule has 0 saturated carbocycles. The maximum atomic E-state index is 12.2.